The maximum absolute atomic E-state index is 12.7. The molecule has 2 atom stereocenters. The first kappa shape index (κ1) is 23.7. The van der Waals surface area contributed by atoms with E-state index in [9.17, 15) is 14.7 Å². The number of hydrogen-bond donors (Lipinski definition) is 4. The van der Waals surface area contributed by atoms with Crippen LogP contribution in [0.1, 0.15) is 18.6 Å². The largest absolute Gasteiger partial charge is 0.504 e. The molecule has 33 heavy (non-hydrogen) atoms. The van der Waals surface area contributed by atoms with Gasteiger partial charge in [-0.1, -0.05) is 6.07 Å². The van der Waals surface area contributed by atoms with E-state index in [1.54, 1.807) is 31.2 Å². The van der Waals surface area contributed by atoms with Crippen LogP contribution >= 0.6 is 0 Å². The molecule has 0 fully saturated rings. The number of phenolic OH excluding ortho intramolecular Hbond substituents is 1. The highest BCUT2D eigenvalue weighted by Crippen LogP contribution is 2.35. The summed E-state index contributed by atoms with van der Waals surface area (Å²) in [6, 6.07) is 9.31. The number of nitrogens with one attached hydrogen (secondary N) is 2. The normalized spacial score (nSPS) is 13.9. The average molecular weight is 460 g/mol. The Morgan fingerprint density at radius 1 is 1.18 bits per heavy atom. The fourth-order valence-electron chi connectivity index (χ4n) is 3.10. The number of carbonyl (C=O) groups is 2. The molecular formula is C22H24N2O9. The zero-order chi connectivity index (χ0) is 23.8. The van der Waals surface area contributed by atoms with Crippen molar-refractivity contribution in [3.05, 3.63) is 54.1 Å². The van der Waals surface area contributed by atoms with Crippen LogP contribution in [0, 0.1) is 0 Å². The molecule has 11 heteroatoms. The Hall–Kier alpha value is -3.96. The van der Waals surface area contributed by atoms with Crippen molar-refractivity contribution in [3.63, 3.8) is 0 Å². The van der Waals surface area contributed by atoms with Crippen LogP contribution in [0.3, 0.4) is 0 Å². The summed E-state index contributed by atoms with van der Waals surface area (Å²) >= 11 is 0. The fraction of sp³-hybridized carbons (Fsp3) is 0.273. The summed E-state index contributed by atoms with van der Waals surface area (Å²) in [7, 11) is 1.40. The van der Waals surface area contributed by atoms with Crippen molar-refractivity contribution in [1.29, 1.82) is 0 Å². The zero-order valence-electron chi connectivity index (χ0n) is 17.9. The first-order valence-electron chi connectivity index (χ1n) is 9.93. The Kier molecular flexibility index (Phi) is 7.95. The van der Waals surface area contributed by atoms with Crippen LogP contribution < -0.4 is 25.0 Å². The number of rotatable bonds is 9. The highest BCUT2D eigenvalue weighted by molar-refractivity contribution is 5.87. The molecule has 1 aliphatic heterocycles. The maximum atomic E-state index is 12.7. The van der Waals surface area contributed by atoms with Crippen LogP contribution in [0.15, 0.2) is 48.6 Å². The first-order chi connectivity index (χ1) is 15.9. The van der Waals surface area contributed by atoms with E-state index in [1.165, 1.54) is 30.8 Å². The van der Waals surface area contributed by atoms with Gasteiger partial charge in [0.1, 0.15) is 6.10 Å². The third-order valence-electron chi connectivity index (χ3n) is 4.59. The van der Waals surface area contributed by atoms with E-state index in [1.807, 2.05) is 0 Å². The number of aromatic hydroxyl groups is 1. The molecule has 4 N–H and O–H groups in total. The lowest BCUT2D eigenvalue weighted by molar-refractivity contribution is -0.124. The molecule has 0 saturated carbocycles. The lowest BCUT2D eigenvalue weighted by Gasteiger charge is -2.25. The molecule has 0 aliphatic carbocycles. The van der Waals surface area contributed by atoms with Crippen molar-refractivity contribution >= 4 is 17.7 Å². The summed E-state index contributed by atoms with van der Waals surface area (Å²) in [5, 5.41) is 21.6. The molecule has 176 valence electrons. The van der Waals surface area contributed by atoms with Crippen molar-refractivity contribution in [2.24, 2.45) is 0 Å². The standard InChI is InChI=1S/C22H24N2O9/c1-3-30-18(8-9-20(26)24-28)21(13-4-6-16(29-2)15(25)10-13)33-22(27)23-14-5-7-17-19(11-14)32-12-31-17/h4-11,18,21,25,28H,3,12H2,1-2H3,(H,23,27)(H,24,26)/b9-8+/t18-,21-/m1/s1. The highest BCUT2D eigenvalue weighted by atomic mass is 16.7. The van der Waals surface area contributed by atoms with Gasteiger partial charge in [0, 0.05) is 24.4 Å². The van der Waals surface area contributed by atoms with E-state index in [2.05, 4.69) is 5.32 Å². The second-order valence-electron chi connectivity index (χ2n) is 6.71. The van der Waals surface area contributed by atoms with Gasteiger partial charge in [0.05, 0.1) is 7.11 Å². The van der Waals surface area contributed by atoms with Gasteiger partial charge in [-0.05, 0) is 42.8 Å². The maximum Gasteiger partial charge on any atom is 0.412 e. The predicted molar refractivity (Wildman–Crippen MR) is 115 cm³/mol. The average Bonchev–Trinajstić information content (AvgIpc) is 3.28. The van der Waals surface area contributed by atoms with Crippen molar-refractivity contribution in [3.8, 4) is 23.0 Å². The smallest absolute Gasteiger partial charge is 0.412 e. The van der Waals surface area contributed by atoms with Crippen LogP contribution in [0.4, 0.5) is 10.5 Å². The molecule has 0 spiro atoms. The van der Waals surface area contributed by atoms with Crippen LogP contribution in [-0.2, 0) is 14.3 Å². The Labute approximate surface area is 189 Å². The molecule has 2 aromatic carbocycles. The van der Waals surface area contributed by atoms with Crippen molar-refractivity contribution in [2.45, 2.75) is 19.1 Å². The summed E-state index contributed by atoms with van der Waals surface area (Å²) in [6.45, 7) is 2.04. The SMILES string of the molecule is CCO[C@H](/C=C/C(=O)NO)[C@H](OC(=O)Nc1ccc2c(c1)OCO2)c1ccc(OC)c(O)c1. The van der Waals surface area contributed by atoms with Crippen LogP contribution in [-0.4, -0.2) is 48.9 Å². The molecule has 2 aromatic rings. The van der Waals surface area contributed by atoms with Crippen molar-refractivity contribution in [1.82, 2.24) is 5.48 Å². The number of fused-ring (bicyclic) bond motifs is 1. The van der Waals surface area contributed by atoms with Crippen LogP contribution in [0.2, 0.25) is 0 Å². The summed E-state index contributed by atoms with van der Waals surface area (Å²) < 4.78 is 26.9. The summed E-state index contributed by atoms with van der Waals surface area (Å²) in [6.07, 6.45) is -0.454. The minimum atomic E-state index is -1.07. The second-order valence-corrected chi connectivity index (χ2v) is 6.71. The number of phenols is 1. The number of anilines is 1. The van der Waals surface area contributed by atoms with E-state index in [0.717, 1.165) is 6.08 Å². The minimum absolute atomic E-state index is 0.0933. The first-order valence-corrected chi connectivity index (χ1v) is 9.93. The van der Waals surface area contributed by atoms with Gasteiger partial charge in [-0.3, -0.25) is 15.3 Å². The van der Waals surface area contributed by atoms with Gasteiger partial charge in [-0.2, -0.15) is 0 Å². The van der Waals surface area contributed by atoms with Gasteiger partial charge in [0.15, 0.2) is 29.1 Å². The molecule has 0 bridgehead atoms. The Morgan fingerprint density at radius 2 is 1.97 bits per heavy atom. The molecule has 2 amide bonds. The van der Waals surface area contributed by atoms with Crippen LogP contribution in [0.25, 0.3) is 0 Å². The molecule has 0 radical (unpaired) electrons. The third kappa shape index (κ3) is 6.05. The summed E-state index contributed by atoms with van der Waals surface area (Å²) in [5.41, 5.74) is 2.26. The molecular weight excluding hydrogens is 436 g/mol. The van der Waals surface area contributed by atoms with E-state index < -0.39 is 24.2 Å². The highest BCUT2D eigenvalue weighted by Gasteiger charge is 2.28. The molecule has 0 saturated heterocycles. The monoisotopic (exact) mass is 460 g/mol. The van der Waals surface area contributed by atoms with Gasteiger partial charge in [0.25, 0.3) is 5.91 Å². The Bertz CT molecular complexity index is 1020. The van der Waals surface area contributed by atoms with Gasteiger partial charge >= 0.3 is 6.09 Å². The van der Waals surface area contributed by atoms with E-state index in [0.29, 0.717) is 22.7 Å². The van der Waals surface area contributed by atoms with Gasteiger partial charge in [-0.25, -0.2) is 10.3 Å². The lowest BCUT2D eigenvalue weighted by atomic mass is 10.0. The number of hydroxylamine groups is 1. The Balaban J connectivity index is 1.86. The van der Waals surface area contributed by atoms with Gasteiger partial charge in [0.2, 0.25) is 6.79 Å². The predicted octanol–water partition coefficient (Wildman–Crippen LogP) is 2.89. The molecule has 11 nitrogen and oxygen atoms in total. The van der Waals surface area contributed by atoms with E-state index >= 15 is 0 Å². The number of benzene rings is 2. The van der Waals surface area contributed by atoms with Crippen molar-refractivity contribution < 1.29 is 43.6 Å². The summed E-state index contributed by atoms with van der Waals surface area (Å²) in [4.78, 5) is 24.2. The van der Waals surface area contributed by atoms with Crippen molar-refractivity contribution in [2.75, 3.05) is 25.8 Å². The molecule has 0 aromatic heterocycles. The third-order valence-corrected chi connectivity index (χ3v) is 4.59. The quantitative estimate of drug-likeness (QED) is 0.252. The minimum Gasteiger partial charge on any atom is -0.504 e. The van der Waals surface area contributed by atoms with E-state index in [4.69, 9.17) is 28.9 Å². The number of hydrogen-bond acceptors (Lipinski definition) is 9. The molecule has 1 heterocycles. The fourth-order valence-corrected chi connectivity index (χ4v) is 3.10. The number of carbonyl (C=O) groups excluding carboxylic acids is 2. The van der Waals surface area contributed by atoms with Gasteiger partial charge in [-0.15, -0.1) is 0 Å². The summed E-state index contributed by atoms with van der Waals surface area (Å²) in [5.74, 6) is 0.303. The van der Waals surface area contributed by atoms with E-state index in [-0.39, 0.29) is 24.9 Å². The van der Waals surface area contributed by atoms with Gasteiger partial charge < -0.3 is 28.8 Å². The molecule has 1 aliphatic rings. The molecule has 3 rings (SSSR count). The topological polar surface area (TPSA) is 145 Å². The lowest BCUT2D eigenvalue weighted by Crippen LogP contribution is -2.28. The Morgan fingerprint density at radius 3 is 2.67 bits per heavy atom. The number of methoxy groups -OCH3 is 1. The number of amides is 2. The van der Waals surface area contributed by atoms with Crippen LogP contribution in [0.5, 0.6) is 23.0 Å². The number of ether oxygens (including phenoxy) is 5. The molecule has 0 unspecified atom stereocenters. The second kappa shape index (κ2) is 11.1. The zero-order valence-corrected chi connectivity index (χ0v) is 17.9.